The molecule has 0 amide bonds. The van der Waals surface area contributed by atoms with Crippen LogP contribution in [-0.4, -0.2) is 30.7 Å². The van der Waals surface area contributed by atoms with Crippen LogP contribution in [0.25, 0.3) is 0 Å². The van der Waals surface area contributed by atoms with Gasteiger partial charge in [-0.15, -0.1) is 0 Å². The van der Waals surface area contributed by atoms with Gasteiger partial charge in [-0.1, -0.05) is 91.0 Å². The molecule has 0 aliphatic carbocycles. The van der Waals surface area contributed by atoms with Gasteiger partial charge < -0.3 is 9.47 Å². The number of methoxy groups -OCH3 is 1. The normalized spacial score (nSPS) is 12.6. The Labute approximate surface area is 195 Å². The van der Waals surface area contributed by atoms with Gasteiger partial charge in [0.1, 0.15) is 11.6 Å². The van der Waals surface area contributed by atoms with Crippen molar-refractivity contribution in [1.82, 2.24) is 5.32 Å². The molecule has 33 heavy (non-hydrogen) atoms. The lowest BCUT2D eigenvalue weighted by atomic mass is 9.76. The summed E-state index contributed by atoms with van der Waals surface area (Å²) in [5.74, 6) is -1.01. The molecule has 0 aromatic heterocycles. The van der Waals surface area contributed by atoms with Crippen molar-refractivity contribution in [2.24, 2.45) is 0 Å². The van der Waals surface area contributed by atoms with Crippen molar-refractivity contribution in [1.29, 1.82) is 0 Å². The maximum atomic E-state index is 13.3. The lowest BCUT2D eigenvalue weighted by Crippen LogP contribution is -2.54. The molecule has 1 atom stereocenters. The molecular weight excluding hydrogens is 414 g/mol. The quantitative estimate of drug-likeness (QED) is 0.397. The van der Waals surface area contributed by atoms with E-state index >= 15 is 0 Å². The molecule has 0 radical (unpaired) electrons. The lowest BCUT2D eigenvalue weighted by Gasteiger charge is -2.40. The topological polar surface area (TPSA) is 64.6 Å². The highest BCUT2D eigenvalue weighted by Gasteiger charge is 2.41. The first kappa shape index (κ1) is 24.2. The molecule has 3 rings (SSSR count). The summed E-state index contributed by atoms with van der Waals surface area (Å²) in [6.07, 6.45) is -0.167. The number of nitrogens with one attached hydrogen (secondary N) is 1. The average Bonchev–Trinajstić information content (AvgIpc) is 2.82. The lowest BCUT2D eigenvalue weighted by molar-refractivity contribution is -0.161. The summed E-state index contributed by atoms with van der Waals surface area (Å²) in [5.41, 5.74) is 1.17. The van der Waals surface area contributed by atoms with Crippen LogP contribution < -0.4 is 5.32 Å². The largest absolute Gasteiger partial charge is 0.469 e. The highest BCUT2D eigenvalue weighted by Crippen LogP contribution is 2.37. The van der Waals surface area contributed by atoms with Crippen molar-refractivity contribution in [3.8, 4) is 0 Å². The molecule has 0 fully saturated rings. The van der Waals surface area contributed by atoms with E-state index in [0.717, 1.165) is 16.7 Å². The van der Waals surface area contributed by atoms with E-state index in [1.165, 1.54) is 7.11 Å². The summed E-state index contributed by atoms with van der Waals surface area (Å²) < 4.78 is 10.6. The molecule has 0 saturated heterocycles. The average molecular weight is 446 g/mol. The summed E-state index contributed by atoms with van der Waals surface area (Å²) in [7, 11) is 1.31. The number of ether oxygens (including phenoxy) is 2. The zero-order chi connectivity index (χ0) is 23.9. The van der Waals surface area contributed by atoms with E-state index in [1.807, 2.05) is 91.0 Å². The molecule has 5 heteroatoms. The fourth-order valence-corrected chi connectivity index (χ4v) is 3.89. The number of carbonyl (C=O) groups excluding carboxylic acids is 2. The minimum atomic E-state index is -0.947. The SMILES string of the molecule is COC(=O)C[C@H](NC(c1ccccc1)(c1ccccc1)c1ccccc1)C(=O)OC(C)(C)C. The second kappa shape index (κ2) is 10.5. The van der Waals surface area contributed by atoms with Gasteiger partial charge >= 0.3 is 11.9 Å². The minimum Gasteiger partial charge on any atom is -0.469 e. The van der Waals surface area contributed by atoms with Crippen LogP contribution >= 0.6 is 0 Å². The maximum absolute atomic E-state index is 13.3. The summed E-state index contributed by atoms with van der Waals surface area (Å²) in [4.78, 5) is 25.6. The van der Waals surface area contributed by atoms with E-state index in [-0.39, 0.29) is 6.42 Å². The molecule has 0 heterocycles. The van der Waals surface area contributed by atoms with Crippen molar-refractivity contribution < 1.29 is 19.1 Å². The smallest absolute Gasteiger partial charge is 0.324 e. The predicted molar refractivity (Wildman–Crippen MR) is 129 cm³/mol. The second-order valence-corrected chi connectivity index (χ2v) is 8.86. The Morgan fingerprint density at radius 3 is 1.48 bits per heavy atom. The Morgan fingerprint density at radius 1 is 0.758 bits per heavy atom. The highest BCUT2D eigenvalue weighted by atomic mass is 16.6. The van der Waals surface area contributed by atoms with Crippen molar-refractivity contribution in [2.75, 3.05) is 7.11 Å². The zero-order valence-corrected chi connectivity index (χ0v) is 19.6. The first-order valence-corrected chi connectivity index (χ1v) is 11.0. The van der Waals surface area contributed by atoms with Crippen molar-refractivity contribution in [3.63, 3.8) is 0 Å². The molecule has 3 aromatic carbocycles. The molecular formula is C28H31NO4. The van der Waals surface area contributed by atoms with E-state index in [0.29, 0.717) is 0 Å². The third kappa shape index (κ3) is 5.88. The number of benzene rings is 3. The molecule has 0 unspecified atom stereocenters. The molecule has 1 N–H and O–H groups in total. The van der Waals surface area contributed by atoms with Gasteiger partial charge in [0, 0.05) is 0 Å². The number of carbonyl (C=O) groups is 2. The van der Waals surface area contributed by atoms with Crippen LogP contribution in [0.2, 0.25) is 0 Å². The third-order valence-electron chi connectivity index (χ3n) is 5.30. The molecule has 0 spiro atoms. The van der Waals surface area contributed by atoms with Crippen molar-refractivity contribution in [3.05, 3.63) is 108 Å². The molecule has 3 aromatic rings. The van der Waals surface area contributed by atoms with Gasteiger partial charge in [-0.05, 0) is 37.5 Å². The number of rotatable bonds is 8. The fourth-order valence-electron chi connectivity index (χ4n) is 3.89. The van der Waals surface area contributed by atoms with Gasteiger partial charge in [-0.3, -0.25) is 14.9 Å². The van der Waals surface area contributed by atoms with Gasteiger partial charge in [0.05, 0.1) is 19.1 Å². The van der Waals surface area contributed by atoms with Gasteiger partial charge in [-0.2, -0.15) is 0 Å². The predicted octanol–water partition coefficient (Wildman–Crippen LogP) is 4.84. The Hall–Kier alpha value is -3.44. The van der Waals surface area contributed by atoms with E-state index in [9.17, 15) is 9.59 Å². The van der Waals surface area contributed by atoms with Gasteiger partial charge in [-0.25, -0.2) is 0 Å². The van der Waals surface area contributed by atoms with Crippen LogP contribution in [0.5, 0.6) is 0 Å². The van der Waals surface area contributed by atoms with Crippen LogP contribution in [0.1, 0.15) is 43.9 Å². The summed E-state index contributed by atoms with van der Waals surface area (Å²) >= 11 is 0. The Kier molecular flexibility index (Phi) is 7.67. The minimum absolute atomic E-state index is 0.167. The van der Waals surface area contributed by atoms with Gasteiger partial charge in [0.2, 0.25) is 0 Å². The van der Waals surface area contributed by atoms with Gasteiger partial charge in [0.15, 0.2) is 0 Å². The molecule has 0 bridgehead atoms. The summed E-state index contributed by atoms with van der Waals surface area (Å²) in [5, 5.41) is 3.53. The number of esters is 2. The van der Waals surface area contributed by atoms with Crippen LogP contribution in [0.4, 0.5) is 0 Å². The van der Waals surface area contributed by atoms with Crippen LogP contribution in [0.15, 0.2) is 91.0 Å². The monoisotopic (exact) mass is 445 g/mol. The molecule has 0 aliphatic heterocycles. The molecule has 5 nitrogen and oxygen atoms in total. The Bertz CT molecular complexity index is 947. The van der Waals surface area contributed by atoms with E-state index in [4.69, 9.17) is 9.47 Å². The first-order valence-electron chi connectivity index (χ1n) is 11.0. The van der Waals surface area contributed by atoms with E-state index < -0.39 is 29.1 Å². The highest BCUT2D eigenvalue weighted by molar-refractivity contribution is 5.83. The van der Waals surface area contributed by atoms with Gasteiger partial charge in [0.25, 0.3) is 0 Å². The van der Waals surface area contributed by atoms with Crippen LogP contribution in [0.3, 0.4) is 0 Å². The summed E-state index contributed by atoms with van der Waals surface area (Å²) in [6.45, 7) is 5.41. The molecule has 0 saturated carbocycles. The van der Waals surface area contributed by atoms with Crippen LogP contribution in [0, 0.1) is 0 Å². The Morgan fingerprint density at radius 2 is 1.15 bits per heavy atom. The first-order chi connectivity index (χ1) is 15.8. The zero-order valence-electron chi connectivity index (χ0n) is 19.6. The van der Waals surface area contributed by atoms with Crippen molar-refractivity contribution in [2.45, 2.75) is 44.4 Å². The third-order valence-corrected chi connectivity index (χ3v) is 5.30. The van der Waals surface area contributed by atoms with E-state index in [1.54, 1.807) is 20.8 Å². The number of hydrogen-bond donors (Lipinski definition) is 1. The molecule has 172 valence electrons. The molecule has 0 aliphatic rings. The fraction of sp³-hybridized carbons (Fsp3) is 0.286. The standard InChI is InChI=1S/C28H31NO4/c1-27(2,3)33-26(31)24(20-25(30)32-4)29-28(21-14-8-5-9-15-21,22-16-10-6-11-17-22)23-18-12-7-13-19-23/h5-19,24,29H,20H2,1-4H3/t24-/m0/s1. The van der Waals surface area contributed by atoms with E-state index in [2.05, 4.69) is 5.32 Å². The van der Waals surface area contributed by atoms with Crippen LogP contribution in [-0.2, 0) is 24.6 Å². The maximum Gasteiger partial charge on any atom is 0.324 e. The second-order valence-electron chi connectivity index (χ2n) is 8.86. The summed E-state index contributed by atoms with van der Waals surface area (Å²) in [6, 6.07) is 28.7. The Balaban J connectivity index is 2.22. The van der Waals surface area contributed by atoms with Crippen molar-refractivity contribution >= 4 is 11.9 Å². The number of hydrogen-bond acceptors (Lipinski definition) is 5.